The van der Waals surface area contributed by atoms with Crippen LogP contribution in [-0.4, -0.2) is 18.1 Å². The van der Waals surface area contributed by atoms with E-state index in [4.69, 9.17) is 4.74 Å². The lowest BCUT2D eigenvalue weighted by Crippen LogP contribution is -2.14. The standard InChI is InChI=1S/C16H15F2NO3/c1-9-5-12(14(18)7-13(9)17)16(21)19-11-3-4-15(22-2)10(6-11)8-20/h3-7,20H,8H2,1-2H3,(H,19,21). The summed E-state index contributed by atoms with van der Waals surface area (Å²) in [5.74, 6) is -1.86. The number of amides is 1. The van der Waals surface area contributed by atoms with Gasteiger partial charge in [0.2, 0.25) is 0 Å². The highest BCUT2D eigenvalue weighted by Gasteiger charge is 2.15. The summed E-state index contributed by atoms with van der Waals surface area (Å²) in [5, 5.41) is 11.7. The number of ether oxygens (including phenoxy) is 1. The number of aliphatic hydroxyl groups excluding tert-OH is 1. The molecular weight excluding hydrogens is 292 g/mol. The molecule has 0 aliphatic rings. The van der Waals surface area contributed by atoms with Crippen molar-refractivity contribution in [1.82, 2.24) is 0 Å². The van der Waals surface area contributed by atoms with E-state index in [0.717, 1.165) is 6.07 Å². The Labute approximate surface area is 126 Å². The third kappa shape index (κ3) is 3.23. The van der Waals surface area contributed by atoms with E-state index in [2.05, 4.69) is 5.32 Å². The van der Waals surface area contributed by atoms with E-state index in [1.807, 2.05) is 0 Å². The predicted molar refractivity (Wildman–Crippen MR) is 78.0 cm³/mol. The summed E-state index contributed by atoms with van der Waals surface area (Å²) >= 11 is 0. The molecule has 2 rings (SSSR count). The van der Waals surface area contributed by atoms with Gasteiger partial charge in [0.05, 0.1) is 19.3 Å². The van der Waals surface area contributed by atoms with Gasteiger partial charge in [0.25, 0.3) is 5.91 Å². The van der Waals surface area contributed by atoms with Crippen LogP contribution in [0.3, 0.4) is 0 Å². The maximum atomic E-state index is 13.7. The second kappa shape index (κ2) is 6.53. The first kappa shape index (κ1) is 15.9. The largest absolute Gasteiger partial charge is 0.496 e. The average molecular weight is 307 g/mol. The molecule has 116 valence electrons. The fourth-order valence-corrected chi connectivity index (χ4v) is 2.01. The number of carbonyl (C=O) groups is 1. The maximum Gasteiger partial charge on any atom is 0.258 e. The normalized spacial score (nSPS) is 10.4. The monoisotopic (exact) mass is 307 g/mol. The van der Waals surface area contributed by atoms with Crippen LogP contribution in [0.4, 0.5) is 14.5 Å². The zero-order chi connectivity index (χ0) is 16.3. The summed E-state index contributed by atoms with van der Waals surface area (Å²) in [4.78, 5) is 12.1. The van der Waals surface area contributed by atoms with Gasteiger partial charge in [-0.2, -0.15) is 0 Å². The van der Waals surface area contributed by atoms with Crippen molar-refractivity contribution in [2.75, 3.05) is 12.4 Å². The Kier molecular flexibility index (Phi) is 4.72. The maximum absolute atomic E-state index is 13.7. The highest BCUT2D eigenvalue weighted by Crippen LogP contribution is 2.23. The van der Waals surface area contributed by atoms with Crippen molar-refractivity contribution in [1.29, 1.82) is 0 Å². The number of hydrogen-bond acceptors (Lipinski definition) is 3. The lowest BCUT2D eigenvalue weighted by molar-refractivity contribution is 0.102. The molecule has 0 fully saturated rings. The number of rotatable bonds is 4. The van der Waals surface area contributed by atoms with Crippen molar-refractivity contribution < 1.29 is 23.4 Å². The van der Waals surface area contributed by atoms with E-state index in [-0.39, 0.29) is 17.7 Å². The molecule has 0 heterocycles. The van der Waals surface area contributed by atoms with Crippen molar-refractivity contribution in [2.24, 2.45) is 0 Å². The second-order valence-electron chi connectivity index (χ2n) is 4.72. The minimum absolute atomic E-state index is 0.178. The SMILES string of the molecule is COc1ccc(NC(=O)c2cc(C)c(F)cc2F)cc1CO. The molecular formula is C16H15F2NO3. The zero-order valence-electron chi connectivity index (χ0n) is 12.1. The smallest absolute Gasteiger partial charge is 0.258 e. The Hall–Kier alpha value is -2.47. The number of methoxy groups -OCH3 is 1. The number of hydrogen-bond donors (Lipinski definition) is 2. The van der Waals surface area contributed by atoms with Gasteiger partial charge >= 0.3 is 0 Å². The van der Waals surface area contributed by atoms with Gasteiger partial charge in [0, 0.05) is 17.3 Å². The van der Waals surface area contributed by atoms with E-state index in [1.54, 1.807) is 12.1 Å². The van der Waals surface area contributed by atoms with Crippen LogP contribution in [0.25, 0.3) is 0 Å². The van der Waals surface area contributed by atoms with Crippen LogP contribution in [0.1, 0.15) is 21.5 Å². The van der Waals surface area contributed by atoms with Gasteiger partial charge in [-0.1, -0.05) is 0 Å². The Morgan fingerprint density at radius 1 is 1.23 bits per heavy atom. The number of anilines is 1. The van der Waals surface area contributed by atoms with Gasteiger partial charge in [0.15, 0.2) is 0 Å². The molecule has 2 N–H and O–H groups in total. The Balaban J connectivity index is 2.27. The Morgan fingerprint density at radius 2 is 1.95 bits per heavy atom. The van der Waals surface area contributed by atoms with E-state index in [9.17, 15) is 18.7 Å². The van der Waals surface area contributed by atoms with Gasteiger partial charge in [-0.3, -0.25) is 4.79 Å². The van der Waals surface area contributed by atoms with E-state index >= 15 is 0 Å². The molecule has 0 atom stereocenters. The number of benzene rings is 2. The van der Waals surface area contributed by atoms with Crippen LogP contribution in [-0.2, 0) is 6.61 Å². The van der Waals surface area contributed by atoms with Crippen LogP contribution in [0.15, 0.2) is 30.3 Å². The fourth-order valence-electron chi connectivity index (χ4n) is 2.01. The average Bonchev–Trinajstić information content (AvgIpc) is 2.50. The lowest BCUT2D eigenvalue weighted by atomic mass is 10.1. The van der Waals surface area contributed by atoms with Crippen LogP contribution < -0.4 is 10.1 Å². The summed E-state index contributed by atoms with van der Waals surface area (Å²) < 4.78 is 32.0. The van der Waals surface area contributed by atoms with E-state index in [1.165, 1.54) is 20.1 Å². The zero-order valence-corrected chi connectivity index (χ0v) is 12.1. The van der Waals surface area contributed by atoms with Crippen molar-refractivity contribution in [2.45, 2.75) is 13.5 Å². The number of carbonyl (C=O) groups excluding carboxylic acids is 1. The molecule has 0 aromatic heterocycles. The van der Waals surface area contributed by atoms with Gasteiger partial charge in [-0.15, -0.1) is 0 Å². The van der Waals surface area contributed by atoms with Gasteiger partial charge in [0.1, 0.15) is 17.4 Å². The Morgan fingerprint density at radius 3 is 2.59 bits per heavy atom. The molecule has 0 aliphatic carbocycles. The molecule has 6 heteroatoms. The van der Waals surface area contributed by atoms with Gasteiger partial charge in [-0.25, -0.2) is 8.78 Å². The minimum Gasteiger partial charge on any atom is -0.496 e. The molecule has 22 heavy (non-hydrogen) atoms. The summed E-state index contributed by atoms with van der Waals surface area (Å²) in [6, 6.07) is 6.48. The van der Waals surface area contributed by atoms with Crippen LogP contribution in [0, 0.1) is 18.6 Å². The Bertz CT molecular complexity index is 717. The van der Waals surface area contributed by atoms with E-state index in [0.29, 0.717) is 23.1 Å². The second-order valence-corrected chi connectivity index (χ2v) is 4.72. The summed E-state index contributed by atoms with van der Waals surface area (Å²) in [6.07, 6.45) is 0. The summed E-state index contributed by atoms with van der Waals surface area (Å²) in [7, 11) is 1.46. The van der Waals surface area contributed by atoms with Crippen LogP contribution in [0.2, 0.25) is 0 Å². The van der Waals surface area contributed by atoms with Crippen molar-refractivity contribution in [3.8, 4) is 5.75 Å². The third-order valence-electron chi connectivity index (χ3n) is 3.20. The first-order chi connectivity index (χ1) is 10.5. The molecule has 2 aromatic carbocycles. The van der Waals surface area contributed by atoms with Crippen LogP contribution >= 0.6 is 0 Å². The third-order valence-corrected chi connectivity index (χ3v) is 3.20. The molecule has 4 nitrogen and oxygen atoms in total. The highest BCUT2D eigenvalue weighted by molar-refractivity contribution is 6.04. The molecule has 2 aromatic rings. The molecule has 0 saturated carbocycles. The summed E-state index contributed by atoms with van der Waals surface area (Å²) in [6.45, 7) is 1.18. The lowest BCUT2D eigenvalue weighted by Gasteiger charge is -2.11. The molecule has 0 bridgehead atoms. The van der Waals surface area contributed by atoms with Crippen molar-refractivity contribution >= 4 is 11.6 Å². The molecule has 0 spiro atoms. The van der Waals surface area contributed by atoms with Gasteiger partial charge < -0.3 is 15.2 Å². The molecule has 0 saturated heterocycles. The quantitative estimate of drug-likeness (QED) is 0.913. The molecule has 0 radical (unpaired) electrons. The molecule has 1 amide bonds. The number of halogens is 2. The highest BCUT2D eigenvalue weighted by atomic mass is 19.1. The van der Waals surface area contributed by atoms with Gasteiger partial charge in [-0.05, 0) is 36.8 Å². The summed E-state index contributed by atoms with van der Waals surface area (Å²) in [5.41, 5.74) is 0.782. The molecule has 0 aliphatic heterocycles. The van der Waals surface area contributed by atoms with E-state index < -0.39 is 17.5 Å². The topological polar surface area (TPSA) is 58.6 Å². The number of aryl methyl sites for hydroxylation is 1. The predicted octanol–water partition coefficient (Wildman–Crippen LogP) is 3.03. The first-order valence-electron chi connectivity index (χ1n) is 6.51. The minimum atomic E-state index is -0.934. The molecule has 0 unspecified atom stereocenters. The number of aliphatic hydroxyl groups is 1. The number of nitrogens with one attached hydrogen (secondary N) is 1. The first-order valence-corrected chi connectivity index (χ1v) is 6.51. The van der Waals surface area contributed by atoms with Crippen molar-refractivity contribution in [3.63, 3.8) is 0 Å². The van der Waals surface area contributed by atoms with Crippen molar-refractivity contribution in [3.05, 3.63) is 58.7 Å². The van der Waals surface area contributed by atoms with Crippen LogP contribution in [0.5, 0.6) is 5.75 Å². The fraction of sp³-hybridized carbons (Fsp3) is 0.188.